The van der Waals surface area contributed by atoms with Crippen LogP contribution in [0.2, 0.25) is 0 Å². The first-order chi connectivity index (χ1) is 9.97. The average Bonchev–Trinajstić information content (AvgIpc) is 2.39. The van der Waals surface area contributed by atoms with Gasteiger partial charge in [0, 0.05) is 12.1 Å². The predicted octanol–water partition coefficient (Wildman–Crippen LogP) is 2.80. The number of hydrogen-bond acceptors (Lipinski definition) is 2. The number of halogens is 3. The first kappa shape index (κ1) is 13.4. The minimum absolute atomic E-state index is 0.335. The fourth-order valence-electron chi connectivity index (χ4n) is 2.17. The lowest BCUT2D eigenvalue weighted by molar-refractivity contribution is -0.627. The van der Waals surface area contributed by atoms with Gasteiger partial charge in [0.1, 0.15) is 5.82 Å². The Labute approximate surface area is 116 Å². The van der Waals surface area contributed by atoms with Gasteiger partial charge in [0.05, 0.1) is 5.39 Å². The molecule has 21 heavy (non-hydrogen) atoms. The second-order valence-corrected chi connectivity index (χ2v) is 4.58. The average molecular weight is 292 g/mol. The molecule has 106 valence electrons. The van der Waals surface area contributed by atoms with E-state index in [0.717, 1.165) is 5.56 Å². The van der Waals surface area contributed by atoms with Crippen molar-refractivity contribution in [3.05, 3.63) is 70.1 Å². The van der Waals surface area contributed by atoms with Crippen LogP contribution in [0.5, 0.6) is 0 Å². The number of para-hydroxylation sites is 1. The molecule has 0 saturated heterocycles. The number of fused-ring (bicyclic) bond motifs is 1. The van der Waals surface area contributed by atoms with E-state index in [1.165, 1.54) is 6.20 Å². The molecule has 3 rings (SSSR count). The van der Waals surface area contributed by atoms with Crippen molar-refractivity contribution in [1.29, 1.82) is 0 Å². The predicted molar refractivity (Wildman–Crippen MR) is 68.6 cm³/mol. The molecule has 2 aromatic carbocycles. The molecule has 6 heteroatoms. The van der Waals surface area contributed by atoms with Crippen molar-refractivity contribution in [2.75, 3.05) is 0 Å². The maximum absolute atomic E-state index is 13.8. The molecule has 0 fully saturated rings. The summed E-state index contributed by atoms with van der Waals surface area (Å²) in [6.45, 7) is 1.74. The summed E-state index contributed by atoms with van der Waals surface area (Å²) >= 11 is 0. The molecule has 0 aliphatic rings. The molecule has 3 nitrogen and oxygen atoms in total. The number of nitrogens with zero attached hydrogens (tertiary/aromatic N) is 1. The molecule has 0 atom stereocenters. The molecule has 0 N–H and O–H groups in total. The molecule has 0 amide bonds. The minimum Gasteiger partial charge on any atom is -0.371 e. The highest BCUT2D eigenvalue weighted by Gasteiger charge is 2.26. The summed E-state index contributed by atoms with van der Waals surface area (Å²) in [6, 6.07) is 6.12. The Morgan fingerprint density at radius 2 is 1.76 bits per heavy atom. The summed E-state index contributed by atoms with van der Waals surface area (Å²) in [7, 11) is 0. The van der Waals surface area contributed by atoms with E-state index in [1.807, 2.05) is 0 Å². The van der Waals surface area contributed by atoms with Crippen LogP contribution in [0.15, 0.2) is 45.7 Å². The van der Waals surface area contributed by atoms with E-state index in [-0.39, 0.29) is 0 Å². The maximum Gasteiger partial charge on any atom is 0.608 e. The largest absolute Gasteiger partial charge is 0.608 e. The van der Waals surface area contributed by atoms with Crippen molar-refractivity contribution < 1.29 is 22.2 Å². The van der Waals surface area contributed by atoms with Gasteiger partial charge in [-0.1, -0.05) is 16.7 Å². The molecule has 1 heterocycles. The summed E-state index contributed by atoms with van der Waals surface area (Å²) in [5, 5.41) is 0.498. The van der Waals surface area contributed by atoms with Crippen molar-refractivity contribution in [3.63, 3.8) is 0 Å². The van der Waals surface area contributed by atoms with E-state index >= 15 is 0 Å². The summed E-state index contributed by atoms with van der Waals surface area (Å²) in [6.07, 6.45) is 1.26. The van der Waals surface area contributed by atoms with Gasteiger partial charge < -0.3 is 4.42 Å². The van der Waals surface area contributed by atoms with Crippen LogP contribution in [-0.4, -0.2) is 0 Å². The van der Waals surface area contributed by atoms with E-state index in [1.54, 1.807) is 25.1 Å². The van der Waals surface area contributed by atoms with Gasteiger partial charge in [-0.3, -0.25) is 0 Å². The fraction of sp³-hybridized carbons (Fsp3) is 0.0667. The van der Waals surface area contributed by atoms with E-state index < -0.39 is 28.9 Å². The highest BCUT2D eigenvalue weighted by atomic mass is 19.1. The number of rotatable bonds is 1. The lowest BCUT2D eigenvalue weighted by atomic mass is 10.2. The monoisotopic (exact) mass is 292 g/mol. The number of aromatic nitrogens is 1. The van der Waals surface area contributed by atoms with Gasteiger partial charge in [0.25, 0.3) is 5.69 Å². The Morgan fingerprint density at radius 1 is 1.10 bits per heavy atom. The Bertz CT molecular complexity index is 895. The number of aryl methyl sites for hydroxylation is 1. The summed E-state index contributed by atoms with van der Waals surface area (Å²) < 4.78 is 46.3. The Hall–Kier alpha value is -2.63. The Balaban J connectivity index is 2.37. The highest BCUT2D eigenvalue weighted by Crippen LogP contribution is 2.17. The van der Waals surface area contributed by atoms with E-state index in [9.17, 15) is 18.0 Å². The molecule has 0 aliphatic carbocycles. The Morgan fingerprint density at radius 3 is 2.43 bits per heavy atom. The standard InChI is InChI=1S/C15H9F3NO2/c1-8-3-2-4-9-7-19(15(20)21-14(8)9)13-11(17)5-10(16)6-12(13)18/h2-7H,1H3/q+1. The van der Waals surface area contributed by atoms with Gasteiger partial charge in [-0.2, -0.15) is 13.6 Å². The molecular formula is C15H9F3NO2+. The second kappa shape index (κ2) is 4.73. The summed E-state index contributed by atoms with van der Waals surface area (Å²) in [5.74, 6) is -4.38. The molecule has 0 unspecified atom stereocenters. The molecule has 1 aromatic heterocycles. The normalized spacial score (nSPS) is 11.0. The second-order valence-electron chi connectivity index (χ2n) is 4.58. The van der Waals surface area contributed by atoms with Crippen molar-refractivity contribution >= 4 is 11.0 Å². The van der Waals surface area contributed by atoms with Crippen LogP contribution in [0.1, 0.15) is 5.56 Å². The highest BCUT2D eigenvalue weighted by molar-refractivity contribution is 5.77. The van der Waals surface area contributed by atoms with Crippen LogP contribution in [0.4, 0.5) is 13.2 Å². The van der Waals surface area contributed by atoms with Crippen LogP contribution in [0.3, 0.4) is 0 Å². The molecule has 0 radical (unpaired) electrons. The van der Waals surface area contributed by atoms with E-state index in [0.29, 0.717) is 27.7 Å². The van der Waals surface area contributed by atoms with Crippen molar-refractivity contribution in [1.82, 2.24) is 0 Å². The third-order valence-corrected chi connectivity index (χ3v) is 3.12. The molecule has 0 aliphatic heterocycles. The fourth-order valence-corrected chi connectivity index (χ4v) is 2.17. The molecule has 0 bridgehead atoms. The van der Waals surface area contributed by atoms with Crippen LogP contribution >= 0.6 is 0 Å². The summed E-state index contributed by atoms with van der Waals surface area (Å²) in [5.41, 5.74) is 0.382. The van der Waals surface area contributed by atoms with Gasteiger partial charge in [-0.05, 0) is 18.6 Å². The zero-order valence-electron chi connectivity index (χ0n) is 10.9. The SMILES string of the molecule is Cc1cccc2c[n+](-c3c(F)cc(F)cc3F)c(=O)oc12. The summed E-state index contributed by atoms with van der Waals surface area (Å²) in [4.78, 5) is 11.9. The maximum atomic E-state index is 13.8. The van der Waals surface area contributed by atoms with Gasteiger partial charge >= 0.3 is 5.76 Å². The number of benzene rings is 2. The van der Waals surface area contributed by atoms with Gasteiger partial charge in [0.2, 0.25) is 11.6 Å². The van der Waals surface area contributed by atoms with Gasteiger partial charge in [-0.15, -0.1) is 0 Å². The molecule has 3 aromatic rings. The lowest BCUT2D eigenvalue weighted by Crippen LogP contribution is -2.48. The van der Waals surface area contributed by atoms with Crippen molar-refractivity contribution in [3.8, 4) is 5.69 Å². The minimum atomic E-state index is -1.18. The van der Waals surface area contributed by atoms with Crippen molar-refractivity contribution in [2.45, 2.75) is 6.92 Å². The topological polar surface area (TPSA) is 34.1 Å². The van der Waals surface area contributed by atoms with Crippen LogP contribution in [-0.2, 0) is 0 Å². The zero-order chi connectivity index (χ0) is 15.1. The quantitative estimate of drug-likeness (QED) is 0.646. The van der Waals surface area contributed by atoms with Gasteiger partial charge in [-0.25, -0.2) is 4.39 Å². The number of hydrogen-bond donors (Lipinski definition) is 0. The van der Waals surface area contributed by atoms with E-state index in [2.05, 4.69) is 0 Å². The van der Waals surface area contributed by atoms with Crippen molar-refractivity contribution in [2.24, 2.45) is 0 Å². The van der Waals surface area contributed by atoms with Crippen LogP contribution < -0.4 is 10.3 Å². The molecule has 0 saturated carbocycles. The van der Waals surface area contributed by atoms with E-state index in [4.69, 9.17) is 4.42 Å². The third-order valence-electron chi connectivity index (χ3n) is 3.12. The zero-order valence-corrected chi connectivity index (χ0v) is 10.9. The molecular weight excluding hydrogens is 283 g/mol. The third kappa shape index (κ3) is 2.18. The Kier molecular flexibility index (Phi) is 3.01. The first-order valence-corrected chi connectivity index (χ1v) is 6.07. The van der Waals surface area contributed by atoms with Crippen LogP contribution in [0.25, 0.3) is 16.7 Å². The van der Waals surface area contributed by atoms with Gasteiger partial charge in [0.15, 0.2) is 11.8 Å². The smallest absolute Gasteiger partial charge is 0.371 e. The molecule has 0 spiro atoms. The first-order valence-electron chi connectivity index (χ1n) is 6.07. The van der Waals surface area contributed by atoms with Crippen LogP contribution in [0, 0.1) is 24.4 Å². The lowest BCUT2D eigenvalue weighted by Gasteiger charge is -2.01.